The molecule has 1 amide bonds. The number of ether oxygens (including phenoxy) is 1. The van der Waals surface area contributed by atoms with Gasteiger partial charge in [-0.25, -0.2) is 9.18 Å². The second kappa shape index (κ2) is 10.7. The van der Waals surface area contributed by atoms with Crippen molar-refractivity contribution in [2.24, 2.45) is 17.6 Å². The minimum atomic E-state index is -0.769. The summed E-state index contributed by atoms with van der Waals surface area (Å²) in [7, 11) is 0. The van der Waals surface area contributed by atoms with E-state index in [1.165, 1.54) is 0 Å². The Labute approximate surface area is 239 Å². The van der Waals surface area contributed by atoms with Gasteiger partial charge in [-0.1, -0.05) is 36.4 Å². The van der Waals surface area contributed by atoms with Gasteiger partial charge in [-0.05, 0) is 81.2 Å². The van der Waals surface area contributed by atoms with Gasteiger partial charge < -0.3 is 15.4 Å². The number of aromatic nitrogens is 1. The second-order valence-corrected chi connectivity index (χ2v) is 12.4. The smallest absolute Gasteiger partial charge is 0.357 e. The van der Waals surface area contributed by atoms with Crippen molar-refractivity contribution < 1.29 is 23.5 Å². The van der Waals surface area contributed by atoms with Gasteiger partial charge in [0, 0.05) is 36.2 Å². The molecular formula is C33H38FN3O4. The highest BCUT2D eigenvalue weighted by Crippen LogP contribution is 2.39. The Morgan fingerprint density at radius 1 is 1.05 bits per heavy atom. The van der Waals surface area contributed by atoms with E-state index < -0.39 is 24.5 Å². The Hall–Kier alpha value is -3.52. The number of halogens is 1. The number of benzene rings is 2. The number of nitrogens with two attached hydrogens (primary N) is 1. The minimum absolute atomic E-state index is 0.0173. The number of Topliss-reactive ketones (excluding diaryl/α,β-unsaturated/α-hetero) is 1. The first kappa shape index (κ1) is 27.6. The summed E-state index contributed by atoms with van der Waals surface area (Å²) >= 11 is 0. The van der Waals surface area contributed by atoms with Crippen LogP contribution in [0, 0.1) is 11.8 Å². The van der Waals surface area contributed by atoms with E-state index in [4.69, 9.17) is 10.5 Å². The van der Waals surface area contributed by atoms with Gasteiger partial charge in [-0.3, -0.25) is 14.2 Å². The van der Waals surface area contributed by atoms with Gasteiger partial charge >= 0.3 is 5.97 Å². The first-order chi connectivity index (χ1) is 19.7. The van der Waals surface area contributed by atoms with E-state index in [1.54, 1.807) is 0 Å². The van der Waals surface area contributed by atoms with Crippen LogP contribution in [0.25, 0.3) is 10.9 Å². The molecule has 3 aliphatic rings. The van der Waals surface area contributed by atoms with Gasteiger partial charge in [0.1, 0.15) is 12.4 Å². The monoisotopic (exact) mass is 559 g/mol. The Morgan fingerprint density at radius 3 is 2.49 bits per heavy atom. The van der Waals surface area contributed by atoms with E-state index in [1.807, 2.05) is 77.9 Å². The van der Waals surface area contributed by atoms with Crippen LogP contribution in [0.2, 0.25) is 0 Å². The predicted octanol–water partition coefficient (Wildman–Crippen LogP) is 5.10. The van der Waals surface area contributed by atoms with Crippen molar-refractivity contribution in [1.82, 2.24) is 9.47 Å². The number of carbonyl (C=O) groups is 3. The topological polar surface area (TPSA) is 94.6 Å². The molecule has 2 N–H and O–H groups in total. The maximum Gasteiger partial charge on any atom is 0.357 e. The largest absolute Gasteiger partial charge is 0.434 e. The molecule has 7 nitrogen and oxygen atoms in total. The molecule has 3 aromatic rings. The molecule has 0 unspecified atom stereocenters. The summed E-state index contributed by atoms with van der Waals surface area (Å²) in [6, 6.07) is 16.6. The third-order valence-corrected chi connectivity index (χ3v) is 9.48. The highest BCUT2D eigenvalue weighted by Gasteiger charge is 2.44. The molecule has 3 heterocycles. The molecule has 2 aliphatic heterocycles. The standard InChI is InChI=1S/C33H38FN3O4/c1-33(2)37-27-13-8-20(16-24(27)18-28(37)32(40)41-33)17-29(38)30-25(21-6-4-3-5-7-21)14-15-36(30)31(39)23-11-9-22(10-12-23)26(35)19-34/h3-8,13,16,18,22-23,25-26,30H,9-12,14-15,17,19,35H2,1-2H3/t22?,23?,25-,26+,30-/m0/s1. The van der Waals surface area contributed by atoms with Gasteiger partial charge in [0.25, 0.3) is 0 Å². The first-order valence-electron chi connectivity index (χ1n) is 14.8. The number of alkyl halides is 1. The quantitative estimate of drug-likeness (QED) is 0.407. The number of ketones is 1. The molecule has 1 saturated carbocycles. The van der Waals surface area contributed by atoms with Crippen molar-refractivity contribution in [2.45, 2.75) is 76.1 Å². The average molecular weight is 560 g/mol. The third-order valence-electron chi connectivity index (χ3n) is 9.48. The molecule has 2 fully saturated rings. The molecular weight excluding hydrogens is 521 g/mol. The lowest BCUT2D eigenvalue weighted by Crippen LogP contribution is -2.47. The molecule has 0 spiro atoms. The van der Waals surface area contributed by atoms with Crippen LogP contribution in [0.1, 0.15) is 73.5 Å². The zero-order chi connectivity index (χ0) is 28.9. The number of rotatable bonds is 7. The van der Waals surface area contributed by atoms with Crippen LogP contribution in [0.5, 0.6) is 0 Å². The number of likely N-dealkylation sites (tertiary alicyclic amines) is 1. The molecule has 1 aliphatic carbocycles. The molecule has 0 bridgehead atoms. The molecule has 6 rings (SSSR count). The van der Waals surface area contributed by atoms with Gasteiger partial charge in [0.05, 0.1) is 11.6 Å². The SMILES string of the molecule is CC1(C)OC(=O)c2cc3cc(CC(=O)[C@@H]4[C@H](c5ccccc5)CCN4C(=O)C4CCC([C@H](N)CF)CC4)ccc3n21. The number of amides is 1. The maximum atomic E-state index is 14.1. The van der Waals surface area contributed by atoms with Gasteiger partial charge in [0.2, 0.25) is 5.91 Å². The van der Waals surface area contributed by atoms with Crippen molar-refractivity contribution in [2.75, 3.05) is 13.2 Å². The van der Waals surface area contributed by atoms with E-state index in [-0.39, 0.29) is 41.8 Å². The highest BCUT2D eigenvalue weighted by molar-refractivity contribution is 5.99. The van der Waals surface area contributed by atoms with Gasteiger partial charge in [-0.2, -0.15) is 0 Å². The molecule has 3 atom stereocenters. The lowest BCUT2D eigenvalue weighted by atomic mass is 9.78. The summed E-state index contributed by atoms with van der Waals surface area (Å²) in [6.45, 7) is 3.72. The third kappa shape index (κ3) is 4.96. The lowest BCUT2D eigenvalue weighted by molar-refractivity contribution is -0.142. The van der Waals surface area contributed by atoms with E-state index >= 15 is 0 Å². The number of nitrogens with zero attached hydrogens (tertiary/aromatic N) is 2. The van der Waals surface area contributed by atoms with Gasteiger partial charge in [0.15, 0.2) is 11.5 Å². The summed E-state index contributed by atoms with van der Waals surface area (Å²) in [4.78, 5) is 42.2. The Kier molecular flexibility index (Phi) is 7.22. The average Bonchev–Trinajstić information content (AvgIpc) is 3.65. The molecule has 1 saturated heterocycles. The highest BCUT2D eigenvalue weighted by atomic mass is 19.1. The van der Waals surface area contributed by atoms with Crippen molar-refractivity contribution in [3.05, 3.63) is 71.4 Å². The first-order valence-corrected chi connectivity index (χ1v) is 14.8. The van der Waals surface area contributed by atoms with Crippen LogP contribution in [0.4, 0.5) is 4.39 Å². The summed E-state index contributed by atoms with van der Waals surface area (Å²) in [5, 5.41) is 0.886. The number of hydrogen-bond acceptors (Lipinski definition) is 5. The van der Waals surface area contributed by atoms with Crippen molar-refractivity contribution in [3.8, 4) is 0 Å². The number of carbonyl (C=O) groups excluding carboxylic acids is 3. The van der Waals surface area contributed by atoms with Crippen molar-refractivity contribution in [3.63, 3.8) is 0 Å². The van der Waals surface area contributed by atoms with Crippen LogP contribution < -0.4 is 5.73 Å². The van der Waals surface area contributed by atoms with E-state index in [0.717, 1.165) is 41.3 Å². The fourth-order valence-corrected chi connectivity index (χ4v) is 7.38. The molecule has 8 heteroatoms. The van der Waals surface area contributed by atoms with Crippen molar-refractivity contribution in [1.29, 1.82) is 0 Å². The Morgan fingerprint density at radius 2 is 1.78 bits per heavy atom. The number of fused-ring (bicyclic) bond motifs is 3. The Bertz CT molecular complexity index is 1470. The maximum absolute atomic E-state index is 14.1. The van der Waals surface area contributed by atoms with Crippen LogP contribution >= 0.6 is 0 Å². The van der Waals surface area contributed by atoms with Crippen LogP contribution in [0.15, 0.2) is 54.6 Å². The lowest BCUT2D eigenvalue weighted by Gasteiger charge is -2.35. The summed E-state index contributed by atoms with van der Waals surface area (Å²) in [5.74, 6) is -0.420. The van der Waals surface area contributed by atoms with Crippen LogP contribution in [-0.2, 0) is 26.5 Å². The molecule has 216 valence electrons. The predicted molar refractivity (Wildman–Crippen MR) is 154 cm³/mol. The number of cyclic esters (lactones) is 1. The van der Waals surface area contributed by atoms with E-state index in [9.17, 15) is 18.8 Å². The van der Waals surface area contributed by atoms with E-state index in [0.29, 0.717) is 25.1 Å². The fourth-order valence-electron chi connectivity index (χ4n) is 7.38. The van der Waals surface area contributed by atoms with Crippen LogP contribution in [-0.4, -0.2) is 52.4 Å². The summed E-state index contributed by atoms with van der Waals surface area (Å²) < 4.78 is 20.5. The summed E-state index contributed by atoms with van der Waals surface area (Å²) in [5.41, 5.74) is 8.49. The zero-order valence-corrected chi connectivity index (χ0v) is 23.7. The summed E-state index contributed by atoms with van der Waals surface area (Å²) in [6.07, 6.45) is 3.76. The fraction of sp³-hybridized carbons (Fsp3) is 0.485. The van der Waals surface area contributed by atoms with Gasteiger partial charge in [-0.15, -0.1) is 0 Å². The Balaban J connectivity index is 1.25. The van der Waals surface area contributed by atoms with Crippen molar-refractivity contribution >= 4 is 28.6 Å². The van der Waals surface area contributed by atoms with E-state index in [2.05, 4.69) is 0 Å². The molecule has 1 aromatic heterocycles. The van der Waals surface area contributed by atoms with Crippen LogP contribution in [0.3, 0.4) is 0 Å². The second-order valence-electron chi connectivity index (χ2n) is 12.4. The molecule has 41 heavy (non-hydrogen) atoms. The zero-order valence-electron chi connectivity index (χ0n) is 23.7. The normalized spacial score (nSPS) is 26.1. The molecule has 2 aromatic carbocycles. The number of esters is 1. The molecule has 0 radical (unpaired) electrons. The minimum Gasteiger partial charge on any atom is -0.434 e. The number of hydrogen-bond donors (Lipinski definition) is 1.